The highest BCUT2D eigenvalue weighted by molar-refractivity contribution is 5.91. The maximum absolute atomic E-state index is 11.1. The van der Waals surface area contributed by atoms with Crippen molar-refractivity contribution in [3.8, 4) is 11.8 Å². The second kappa shape index (κ2) is 7.59. The van der Waals surface area contributed by atoms with Gasteiger partial charge in [-0.25, -0.2) is 0 Å². The molecular formula is C14H15N3O3. The SMILES string of the molecule is CCOc1cc(N/C=C(\C#N)C=O)ccc1NC(C)=O. The second-order valence-corrected chi connectivity index (χ2v) is 3.80. The summed E-state index contributed by atoms with van der Waals surface area (Å²) in [4.78, 5) is 21.6. The van der Waals surface area contributed by atoms with Crippen LogP contribution in [0.15, 0.2) is 30.0 Å². The molecule has 0 heterocycles. The summed E-state index contributed by atoms with van der Waals surface area (Å²) < 4.78 is 5.43. The smallest absolute Gasteiger partial charge is 0.221 e. The van der Waals surface area contributed by atoms with E-state index >= 15 is 0 Å². The Morgan fingerprint density at radius 3 is 2.80 bits per heavy atom. The van der Waals surface area contributed by atoms with Gasteiger partial charge in [-0.2, -0.15) is 5.26 Å². The quantitative estimate of drug-likeness (QED) is 0.470. The number of hydrogen-bond acceptors (Lipinski definition) is 5. The molecule has 20 heavy (non-hydrogen) atoms. The van der Waals surface area contributed by atoms with Crippen LogP contribution in [0.3, 0.4) is 0 Å². The third-order valence-electron chi connectivity index (χ3n) is 2.24. The van der Waals surface area contributed by atoms with Crippen LogP contribution in [-0.4, -0.2) is 18.8 Å². The number of anilines is 2. The van der Waals surface area contributed by atoms with Crippen molar-refractivity contribution < 1.29 is 14.3 Å². The molecule has 0 unspecified atom stereocenters. The number of ether oxygens (including phenoxy) is 1. The Bertz CT molecular complexity index is 574. The van der Waals surface area contributed by atoms with Crippen molar-refractivity contribution in [2.24, 2.45) is 0 Å². The van der Waals surface area contributed by atoms with E-state index in [1.807, 2.05) is 6.92 Å². The molecule has 0 bridgehead atoms. The highest BCUT2D eigenvalue weighted by Gasteiger charge is 2.06. The first-order valence-corrected chi connectivity index (χ1v) is 5.97. The van der Waals surface area contributed by atoms with E-state index in [0.29, 0.717) is 30.0 Å². The van der Waals surface area contributed by atoms with Crippen molar-refractivity contribution in [3.63, 3.8) is 0 Å². The number of nitrogens with one attached hydrogen (secondary N) is 2. The summed E-state index contributed by atoms with van der Waals surface area (Å²) in [5, 5.41) is 14.1. The van der Waals surface area contributed by atoms with Crippen molar-refractivity contribution in [2.45, 2.75) is 13.8 Å². The minimum absolute atomic E-state index is 0.0195. The van der Waals surface area contributed by atoms with Crippen LogP contribution in [0.2, 0.25) is 0 Å². The van der Waals surface area contributed by atoms with E-state index in [-0.39, 0.29) is 11.5 Å². The van der Waals surface area contributed by atoms with Crippen LogP contribution in [0.5, 0.6) is 5.75 Å². The molecule has 0 aliphatic heterocycles. The van der Waals surface area contributed by atoms with Gasteiger partial charge in [0.25, 0.3) is 0 Å². The van der Waals surface area contributed by atoms with Gasteiger partial charge in [-0.1, -0.05) is 0 Å². The van der Waals surface area contributed by atoms with Crippen LogP contribution in [0, 0.1) is 11.3 Å². The lowest BCUT2D eigenvalue weighted by Gasteiger charge is -2.12. The number of carbonyl (C=O) groups excluding carboxylic acids is 2. The van der Waals surface area contributed by atoms with Crippen molar-refractivity contribution >= 4 is 23.6 Å². The van der Waals surface area contributed by atoms with Gasteiger partial charge in [0.1, 0.15) is 17.4 Å². The van der Waals surface area contributed by atoms with Gasteiger partial charge in [-0.15, -0.1) is 0 Å². The Balaban J connectivity index is 2.98. The van der Waals surface area contributed by atoms with Crippen LogP contribution in [0.1, 0.15) is 13.8 Å². The number of benzene rings is 1. The van der Waals surface area contributed by atoms with Gasteiger partial charge in [0.05, 0.1) is 12.3 Å². The van der Waals surface area contributed by atoms with Crippen molar-refractivity contribution in [1.82, 2.24) is 0 Å². The molecule has 0 atom stereocenters. The van der Waals surface area contributed by atoms with E-state index in [1.54, 1.807) is 24.3 Å². The molecule has 0 radical (unpaired) electrons. The first-order valence-electron chi connectivity index (χ1n) is 5.97. The number of amides is 1. The van der Waals surface area contributed by atoms with E-state index in [9.17, 15) is 9.59 Å². The van der Waals surface area contributed by atoms with Gasteiger partial charge < -0.3 is 15.4 Å². The van der Waals surface area contributed by atoms with Crippen molar-refractivity contribution in [2.75, 3.05) is 17.2 Å². The average Bonchev–Trinajstić information content (AvgIpc) is 2.42. The van der Waals surface area contributed by atoms with Crippen molar-refractivity contribution in [1.29, 1.82) is 5.26 Å². The Morgan fingerprint density at radius 2 is 2.25 bits per heavy atom. The first kappa shape index (κ1) is 15.2. The molecule has 1 rings (SSSR count). The fraction of sp³-hybridized carbons (Fsp3) is 0.214. The zero-order valence-electron chi connectivity index (χ0n) is 11.3. The van der Waals surface area contributed by atoms with Gasteiger partial charge in [-0.05, 0) is 19.1 Å². The molecule has 1 aromatic carbocycles. The lowest BCUT2D eigenvalue weighted by atomic mass is 10.2. The number of nitrogens with zero attached hydrogens (tertiary/aromatic N) is 1. The molecule has 1 amide bonds. The van der Waals surface area contributed by atoms with Crippen LogP contribution in [0.25, 0.3) is 0 Å². The van der Waals surface area contributed by atoms with Crippen LogP contribution >= 0.6 is 0 Å². The largest absolute Gasteiger partial charge is 0.492 e. The molecule has 0 spiro atoms. The lowest BCUT2D eigenvalue weighted by Crippen LogP contribution is -2.08. The van der Waals surface area contributed by atoms with E-state index < -0.39 is 0 Å². The maximum atomic E-state index is 11.1. The third kappa shape index (κ3) is 4.46. The fourth-order valence-corrected chi connectivity index (χ4v) is 1.43. The van der Waals surface area contributed by atoms with E-state index in [0.717, 1.165) is 0 Å². The molecule has 0 aliphatic rings. The Morgan fingerprint density at radius 1 is 1.50 bits per heavy atom. The molecule has 1 aromatic rings. The summed E-state index contributed by atoms with van der Waals surface area (Å²) in [7, 11) is 0. The fourth-order valence-electron chi connectivity index (χ4n) is 1.43. The monoisotopic (exact) mass is 273 g/mol. The van der Waals surface area contributed by atoms with Crippen LogP contribution < -0.4 is 15.4 Å². The summed E-state index contributed by atoms with van der Waals surface area (Å²) in [6, 6.07) is 6.79. The number of carbonyl (C=O) groups is 2. The number of nitriles is 1. The normalized spacial score (nSPS) is 10.3. The highest BCUT2D eigenvalue weighted by atomic mass is 16.5. The van der Waals surface area contributed by atoms with Gasteiger partial charge in [0.2, 0.25) is 5.91 Å². The number of hydrogen-bond donors (Lipinski definition) is 2. The third-order valence-corrected chi connectivity index (χ3v) is 2.24. The lowest BCUT2D eigenvalue weighted by molar-refractivity contribution is -0.114. The molecule has 2 N–H and O–H groups in total. The minimum Gasteiger partial charge on any atom is -0.492 e. The zero-order valence-corrected chi connectivity index (χ0v) is 11.3. The standard InChI is InChI=1S/C14H15N3O3/c1-3-20-14-6-12(16-8-11(7-15)9-18)4-5-13(14)17-10(2)19/h4-6,8-9,16H,3H2,1-2H3,(H,17,19)/b11-8+. The highest BCUT2D eigenvalue weighted by Crippen LogP contribution is 2.28. The Hall–Kier alpha value is -2.81. The second-order valence-electron chi connectivity index (χ2n) is 3.80. The number of rotatable bonds is 6. The summed E-state index contributed by atoms with van der Waals surface area (Å²) in [6.07, 6.45) is 1.76. The topological polar surface area (TPSA) is 91.2 Å². The number of allylic oxidation sites excluding steroid dienone is 1. The molecule has 6 heteroatoms. The molecule has 0 fully saturated rings. The van der Waals surface area contributed by atoms with Gasteiger partial charge >= 0.3 is 0 Å². The summed E-state index contributed by atoms with van der Waals surface area (Å²) >= 11 is 0. The molecule has 6 nitrogen and oxygen atoms in total. The Labute approximate surface area is 117 Å². The predicted octanol–water partition coefficient (Wildman–Crippen LogP) is 2.06. The molecule has 0 aliphatic carbocycles. The van der Waals surface area contributed by atoms with Gasteiger partial charge in [0, 0.05) is 24.9 Å². The summed E-state index contributed by atoms with van der Waals surface area (Å²) in [5.74, 6) is 0.310. The van der Waals surface area contributed by atoms with E-state index in [2.05, 4.69) is 10.6 Å². The molecule has 0 saturated carbocycles. The molecule has 104 valence electrons. The van der Waals surface area contributed by atoms with Gasteiger partial charge in [0.15, 0.2) is 6.29 Å². The maximum Gasteiger partial charge on any atom is 0.221 e. The first-order chi connectivity index (χ1) is 9.60. The average molecular weight is 273 g/mol. The van der Waals surface area contributed by atoms with Crippen LogP contribution in [-0.2, 0) is 9.59 Å². The zero-order chi connectivity index (χ0) is 15.0. The minimum atomic E-state index is -0.195. The van der Waals surface area contributed by atoms with E-state index in [1.165, 1.54) is 13.1 Å². The number of aldehydes is 1. The molecule has 0 aromatic heterocycles. The molecule has 0 saturated heterocycles. The Kier molecular flexibility index (Phi) is 5.78. The summed E-state index contributed by atoms with van der Waals surface area (Å²) in [5.41, 5.74) is 1.18. The van der Waals surface area contributed by atoms with E-state index in [4.69, 9.17) is 10.00 Å². The van der Waals surface area contributed by atoms with Gasteiger partial charge in [-0.3, -0.25) is 9.59 Å². The molecular weight excluding hydrogens is 258 g/mol. The predicted molar refractivity (Wildman–Crippen MR) is 75.3 cm³/mol. The summed E-state index contributed by atoms with van der Waals surface area (Å²) in [6.45, 7) is 3.69. The van der Waals surface area contributed by atoms with Crippen molar-refractivity contribution in [3.05, 3.63) is 30.0 Å². The van der Waals surface area contributed by atoms with Crippen LogP contribution in [0.4, 0.5) is 11.4 Å².